The smallest absolute Gasteiger partial charge is 0.191 e. The van der Waals surface area contributed by atoms with Gasteiger partial charge in [0.25, 0.3) is 0 Å². The molecule has 0 unspecified atom stereocenters. The average molecular weight is 335 g/mol. The zero-order chi connectivity index (χ0) is 17.9. The molecule has 0 saturated carbocycles. The van der Waals surface area contributed by atoms with Gasteiger partial charge in [-0.2, -0.15) is 0 Å². The lowest BCUT2D eigenvalue weighted by molar-refractivity contribution is 0.178. The first-order valence-electron chi connectivity index (χ1n) is 8.88. The summed E-state index contributed by atoms with van der Waals surface area (Å²) in [4.78, 5) is 7.13. The maximum absolute atomic E-state index is 5.18. The fourth-order valence-electron chi connectivity index (χ4n) is 2.66. The molecule has 2 N–H and O–H groups in total. The summed E-state index contributed by atoms with van der Waals surface area (Å²) in [5.74, 6) is 1.73. The summed E-state index contributed by atoms with van der Waals surface area (Å²) in [7, 11) is 1.68. The Morgan fingerprint density at radius 1 is 1.08 bits per heavy atom. The molecule has 0 spiro atoms. The van der Waals surface area contributed by atoms with Crippen molar-refractivity contribution in [3.8, 4) is 5.75 Å². The van der Waals surface area contributed by atoms with Crippen molar-refractivity contribution in [1.82, 2.24) is 15.5 Å². The van der Waals surface area contributed by atoms with Crippen molar-refractivity contribution in [2.24, 2.45) is 4.99 Å². The van der Waals surface area contributed by atoms with Gasteiger partial charge in [-0.05, 0) is 52.3 Å². The monoisotopic (exact) mass is 334 g/mol. The fraction of sp³-hybridized carbons (Fsp3) is 0.632. The molecule has 1 aromatic rings. The molecule has 1 rings (SSSR count). The lowest BCUT2D eigenvalue weighted by atomic mass is 10.2. The molecule has 0 aliphatic carbocycles. The third-order valence-electron chi connectivity index (χ3n) is 3.91. The predicted molar refractivity (Wildman–Crippen MR) is 103 cm³/mol. The van der Waals surface area contributed by atoms with Gasteiger partial charge in [-0.3, -0.25) is 4.90 Å². The molecule has 5 heteroatoms. The molecule has 24 heavy (non-hydrogen) atoms. The summed E-state index contributed by atoms with van der Waals surface area (Å²) in [6.45, 7) is 14.4. The number of aliphatic imine (C=N–C) groups is 1. The van der Waals surface area contributed by atoms with Crippen molar-refractivity contribution in [2.45, 2.75) is 53.2 Å². The highest BCUT2D eigenvalue weighted by Gasteiger charge is 2.12. The van der Waals surface area contributed by atoms with E-state index in [4.69, 9.17) is 4.74 Å². The van der Waals surface area contributed by atoms with E-state index in [2.05, 4.69) is 55.1 Å². The molecule has 0 fully saturated rings. The second kappa shape index (κ2) is 10.9. The van der Waals surface area contributed by atoms with Crippen LogP contribution in [0.5, 0.6) is 5.75 Å². The molecule has 1 aromatic carbocycles. The molecule has 0 heterocycles. The van der Waals surface area contributed by atoms with Gasteiger partial charge in [0.05, 0.1) is 13.7 Å². The minimum atomic E-state index is 0.547. The number of hydrogen-bond acceptors (Lipinski definition) is 3. The van der Waals surface area contributed by atoms with Gasteiger partial charge >= 0.3 is 0 Å². The molecule has 0 amide bonds. The first kappa shape index (κ1) is 20.3. The fourth-order valence-corrected chi connectivity index (χ4v) is 2.66. The van der Waals surface area contributed by atoms with E-state index in [1.54, 1.807) is 7.11 Å². The summed E-state index contributed by atoms with van der Waals surface area (Å²) in [5, 5.41) is 6.73. The van der Waals surface area contributed by atoms with E-state index in [1.807, 2.05) is 24.3 Å². The highest BCUT2D eigenvalue weighted by atomic mass is 16.5. The van der Waals surface area contributed by atoms with E-state index in [9.17, 15) is 0 Å². The van der Waals surface area contributed by atoms with Gasteiger partial charge in [0.2, 0.25) is 0 Å². The van der Waals surface area contributed by atoms with Crippen molar-refractivity contribution in [3.05, 3.63) is 29.8 Å². The van der Waals surface area contributed by atoms with Crippen LogP contribution >= 0.6 is 0 Å². The summed E-state index contributed by atoms with van der Waals surface area (Å²) < 4.78 is 5.18. The molecule has 0 atom stereocenters. The highest BCUT2D eigenvalue weighted by molar-refractivity contribution is 5.79. The Morgan fingerprint density at radius 2 is 1.71 bits per heavy atom. The van der Waals surface area contributed by atoms with Gasteiger partial charge < -0.3 is 15.4 Å². The van der Waals surface area contributed by atoms with Crippen LogP contribution in [0, 0.1) is 0 Å². The zero-order valence-corrected chi connectivity index (χ0v) is 16.1. The minimum absolute atomic E-state index is 0.547. The summed E-state index contributed by atoms with van der Waals surface area (Å²) in [6.07, 6.45) is 0. The SMILES string of the molecule is CCNC(=NCc1ccc(OC)cc1)NCCN(C(C)C)C(C)C. The van der Waals surface area contributed by atoms with Crippen LogP contribution in [0.2, 0.25) is 0 Å². The van der Waals surface area contributed by atoms with Gasteiger partial charge in [-0.1, -0.05) is 12.1 Å². The second-order valence-electron chi connectivity index (χ2n) is 6.40. The first-order chi connectivity index (χ1) is 11.5. The van der Waals surface area contributed by atoms with Crippen molar-refractivity contribution < 1.29 is 4.74 Å². The number of methoxy groups -OCH3 is 1. The molecule has 0 aliphatic rings. The molecule has 0 saturated heterocycles. The number of nitrogens with one attached hydrogen (secondary N) is 2. The zero-order valence-electron chi connectivity index (χ0n) is 16.1. The third-order valence-corrected chi connectivity index (χ3v) is 3.91. The van der Waals surface area contributed by atoms with Crippen molar-refractivity contribution in [2.75, 3.05) is 26.7 Å². The predicted octanol–water partition coefficient (Wildman–Crippen LogP) is 2.87. The number of nitrogens with zero attached hydrogens (tertiary/aromatic N) is 2. The Kier molecular flexibility index (Phi) is 9.23. The molecular formula is C19H34N4O. The van der Waals surface area contributed by atoms with Crippen molar-refractivity contribution in [3.63, 3.8) is 0 Å². The Bertz CT molecular complexity index is 475. The third kappa shape index (κ3) is 7.21. The van der Waals surface area contributed by atoms with Crippen LogP contribution in [0.15, 0.2) is 29.3 Å². The quantitative estimate of drug-likeness (QED) is 0.538. The van der Waals surface area contributed by atoms with E-state index in [0.29, 0.717) is 18.6 Å². The number of ether oxygens (including phenoxy) is 1. The van der Waals surface area contributed by atoms with Crippen LogP contribution < -0.4 is 15.4 Å². The molecule has 5 nitrogen and oxygen atoms in total. The molecule has 0 aromatic heterocycles. The van der Waals surface area contributed by atoms with E-state index >= 15 is 0 Å². The van der Waals surface area contributed by atoms with E-state index in [-0.39, 0.29) is 0 Å². The topological polar surface area (TPSA) is 48.9 Å². The van der Waals surface area contributed by atoms with Crippen LogP contribution in [-0.4, -0.2) is 49.7 Å². The largest absolute Gasteiger partial charge is 0.497 e. The first-order valence-corrected chi connectivity index (χ1v) is 8.88. The van der Waals surface area contributed by atoms with Gasteiger partial charge in [-0.25, -0.2) is 4.99 Å². The van der Waals surface area contributed by atoms with Crippen LogP contribution in [0.3, 0.4) is 0 Å². The second-order valence-corrected chi connectivity index (χ2v) is 6.40. The minimum Gasteiger partial charge on any atom is -0.497 e. The molecule has 136 valence electrons. The Hall–Kier alpha value is -1.75. The van der Waals surface area contributed by atoms with E-state index in [1.165, 1.54) is 5.56 Å². The maximum Gasteiger partial charge on any atom is 0.191 e. The number of guanidine groups is 1. The summed E-state index contributed by atoms with van der Waals surface area (Å²) in [6, 6.07) is 9.12. The standard InChI is InChI=1S/C19H34N4O/c1-7-20-19(21-12-13-23(15(2)3)16(4)5)22-14-17-8-10-18(24-6)11-9-17/h8-11,15-16H,7,12-14H2,1-6H3,(H2,20,21,22). The number of benzene rings is 1. The van der Waals surface area contributed by atoms with Gasteiger partial charge in [0.15, 0.2) is 5.96 Å². The average Bonchev–Trinajstić information content (AvgIpc) is 2.56. The van der Waals surface area contributed by atoms with Crippen molar-refractivity contribution >= 4 is 5.96 Å². The molecule has 0 aliphatic heterocycles. The van der Waals surface area contributed by atoms with E-state index in [0.717, 1.165) is 31.3 Å². The van der Waals surface area contributed by atoms with Gasteiger partial charge in [-0.15, -0.1) is 0 Å². The summed E-state index contributed by atoms with van der Waals surface area (Å²) >= 11 is 0. The molecule has 0 bridgehead atoms. The highest BCUT2D eigenvalue weighted by Crippen LogP contribution is 2.11. The number of rotatable bonds is 9. The lowest BCUT2D eigenvalue weighted by Gasteiger charge is -2.30. The van der Waals surface area contributed by atoms with Gasteiger partial charge in [0.1, 0.15) is 5.75 Å². The maximum atomic E-state index is 5.18. The van der Waals surface area contributed by atoms with Gasteiger partial charge in [0, 0.05) is 31.7 Å². The van der Waals surface area contributed by atoms with Crippen LogP contribution in [0.1, 0.15) is 40.2 Å². The Morgan fingerprint density at radius 3 is 2.21 bits per heavy atom. The van der Waals surface area contributed by atoms with Crippen molar-refractivity contribution in [1.29, 1.82) is 0 Å². The van der Waals surface area contributed by atoms with Crippen LogP contribution in [0.25, 0.3) is 0 Å². The van der Waals surface area contributed by atoms with Crippen LogP contribution in [-0.2, 0) is 6.54 Å². The summed E-state index contributed by atoms with van der Waals surface area (Å²) in [5.41, 5.74) is 1.17. The van der Waals surface area contributed by atoms with E-state index < -0.39 is 0 Å². The normalized spacial score (nSPS) is 12.1. The lowest BCUT2D eigenvalue weighted by Crippen LogP contribution is -2.45. The van der Waals surface area contributed by atoms with Crippen LogP contribution in [0.4, 0.5) is 0 Å². The number of hydrogen-bond donors (Lipinski definition) is 2. The Balaban J connectivity index is 2.55. The Labute approximate surface area is 147 Å². The molecule has 0 radical (unpaired) electrons. The molecular weight excluding hydrogens is 300 g/mol.